The van der Waals surface area contributed by atoms with Crippen LogP contribution in [-0.4, -0.2) is 9.78 Å². The maximum Gasteiger partial charge on any atom is 0.113 e. The average molecular weight is 177 g/mol. The first kappa shape index (κ1) is 8.79. The molecular weight excluding hydrogens is 160 g/mol. The van der Waals surface area contributed by atoms with Crippen molar-refractivity contribution in [2.75, 3.05) is 0 Å². The van der Waals surface area contributed by atoms with Crippen molar-refractivity contribution in [2.24, 2.45) is 5.92 Å². The lowest BCUT2D eigenvalue weighted by atomic mass is 10.1. The highest BCUT2D eigenvalue weighted by Crippen LogP contribution is 2.45. The van der Waals surface area contributed by atoms with Crippen LogP contribution in [0.5, 0.6) is 0 Å². The molecule has 0 saturated heterocycles. The van der Waals surface area contributed by atoms with Crippen molar-refractivity contribution in [3.8, 4) is 0 Å². The number of hydrogen-bond acceptors (Lipinski definition) is 1. The van der Waals surface area contributed by atoms with Gasteiger partial charge in [0.2, 0.25) is 0 Å². The Bertz CT molecular complexity index is 241. The summed E-state index contributed by atoms with van der Waals surface area (Å²) in [5, 5.41) is 4.15. The van der Waals surface area contributed by atoms with Crippen LogP contribution in [0.3, 0.4) is 0 Å². The van der Waals surface area contributed by atoms with Gasteiger partial charge in [0.05, 0.1) is 6.04 Å². The molecule has 0 N–H and O–H groups in total. The molecule has 1 radical (unpaired) electrons. The van der Waals surface area contributed by atoms with Crippen LogP contribution in [0.25, 0.3) is 0 Å². The zero-order valence-corrected chi connectivity index (χ0v) is 8.24. The molecule has 1 aliphatic rings. The summed E-state index contributed by atoms with van der Waals surface area (Å²) in [6, 6.07) is 2.59. The smallest absolute Gasteiger partial charge is 0.113 e. The molecule has 1 aromatic rings. The van der Waals surface area contributed by atoms with Crippen molar-refractivity contribution in [3.63, 3.8) is 0 Å². The van der Waals surface area contributed by atoms with E-state index in [1.165, 1.54) is 32.1 Å². The summed E-state index contributed by atoms with van der Waals surface area (Å²) in [5.41, 5.74) is 0. The molecule has 1 heterocycles. The summed E-state index contributed by atoms with van der Waals surface area (Å²) < 4.78 is 2.07. The minimum Gasteiger partial charge on any atom is -0.269 e. The van der Waals surface area contributed by atoms with Crippen molar-refractivity contribution in [3.05, 3.63) is 18.5 Å². The van der Waals surface area contributed by atoms with Gasteiger partial charge >= 0.3 is 0 Å². The minimum atomic E-state index is 0.697. The summed E-state index contributed by atoms with van der Waals surface area (Å²) >= 11 is 0. The van der Waals surface area contributed by atoms with E-state index in [1.807, 2.05) is 12.3 Å². The molecule has 0 spiro atoms. The van der Waals surface area contributed by atoms with E-state index >= 15 is 0 Å². The molecule has 0 aliphatic heterocycles. The molecule has 2 nitrogen and oxygen atoms in total. The summed E-state index contributed by atoms with van der Waals surface area (Å²) in [4.78, 5) is 0. The fourth-order valence-corrected chi connectivity index (χ4v) is 1.95. The van der Waals surface area contributed by atoms with Gasteiger partial charge < -0.3 is 0 Å². The van der Waals surface area contributed by atoms with E-state index in [1.54, 1.807) is 0 Å². The van der Waals surface area contributed by atoms with Crippen LogP contribution in [0.4, 0.5) is 0 Å². The van der Waals surface area contributed by atoms with Gasteiger partial charge in [0, 0.05) is 6.20 Å². The molecule has 1 aliphatic carbocycles. The van der Waals surface area contributed by atoms with Gasteiger partial charge in [-0.25, -0.2) is 0 Å². The van der Waals surface area contributed by atoms with E-state index in [0.29, 0.717) is 6.04 Å². The molecule has 0 bridgehead atoms. The van der Waals surface area contributed by atoms with E-state index in [2.05, 4.69) is 22.9 Å². The van der Waals surface area contributed by atoms with Crippen LogP contribution in [0.1, 0.15) is 45.1 Å². The third kappa shape index (κ3) is 2.11. The van der Waals surface area contributed by atoms with E-state index < -0.39 is 0 Å². The number of unbranched alkanes of at least 4 members (excludes halogenated alkanes) is 2. The van der Waals surface area contributed by atoms with Crippen LogP contribution in [0.2, 0.25) is 0 Å². The van der Waals surface area contributed by atoms with Crippen molar-refractivity contribution < 1.29 is 0 Å². The van der Waals surface area contributed by atoms with Gasteiger partial charge in [-0.05, 0) is 24.8 Å². The third-order valence-corrected chi connectivity index (χ3v) is 2.88. The first-order valence-electron chi connectivity index (χ1n) is 5.33. The fraction of sp³-hybridized carbons (Fsp3) is 0.727. The number of aromatic nitrogens is 2. The van der Waals surface area contributed by atoms with Crippen LogP contribution in [0, 0.1) is 12.1 Å². The topological polar surface area (TPSA) is 17.8 Å². The van der Waals surface area contributed by atoms with Gasteiger partial charge in [-0.3, -0.25) is 4.68 Å². The van der Waals surface area contributed by atoms with Crippen LogP contribution < -0.4 is 0 Å². The predicted molar refractivity (Wildman–Crippen MR) is 52.3 cm³/mol. The van der Waals surface area contributed by atoms with Gasteiger partial charge in [0.15, 0.2) is 0 Å². The first-order valence-corrected chi connectivity index (χ1v) is 5.33. The van der Waals surface area contributed by atoms with Crippen molar-refractivity contribution in [1.29, 1.82) is 0 Å². The Morgan fingerprint density at radius 2 is 2.46 bits per heavy atom. The molecule has 2 unspecified atom stereocenters. The maximum atomic E-state index is 4.15. The standard InChI is InChI=1S/C11H17N2/c1-2-3-4-6-10-9-11(10)13-8-5-7-12-13/h5,8,10-11H,2-4,6,9H2,1H3. The SMILES string of the molecule is CCCCCC1CC1n1cc[c]n1. The largest absolute Gasteiger partial charge is 0.269 e. The van der Waals surface area contributed by atoms with Gasteiger partial charge in [0.1, 0.15) is 6.20 Å². The second kappa shape index (κ2) is 3.95. The number of nitrogens with zero attached hydrogens (tertiary/aromatic N) is 2. The lowest BCUT2D eigenvalue weighted by Gasteiger charge is -1.99. The van der Waals surface area contributed by atoms with Gasteiger partial charge in [-0.2, -0.15) is 5.10 Å². The predicted octanol–water partition coefficient (Wildman–Crippen LogP) is 2.82. The van der Waals surface area contributed by atoms with Gasteiger partial charge in [-0.15, -0.1) is 0 Å². The summed E-state index contributed by atoms with van der Waals surface area (Å²) in [7, 11) is 0. The van der Waals surface area contributed by atoms with Gasteiger partial charge in [-0.1, -0.05) is 26.2 Å². The second-order valence-electron chi connectivity index (χ2n) is 3.98. The van der Waals surface area contributed by atoms with E-state index in [4.69, 9.17) is 0 Å². The lowest BCUT2D eigenvalue weighted by Crippen LogP contribution is -1.96. The Morgan fingerprint density at radius 3 is 3.15 bits per heavy atom. The Hall–Kier alpha value is -0.790. The normalized spacial score (nSPS) is 26.2. The zero-order valence-electron chi connectivity index (χ0n) is 8.24. The monoisotopic (exact) mass is 177 g/mol. The summed E-state index contributed by atoms with van der Waals surface area (Å²) in [6.45, 7) is 2.26. The molecular formula is C11H17N2. The molecule has 0 amide bonds. The quantitative estimate of drug-likeness (QED) is 0.632. The number of hydrogen-bond donors (Lipinski definition) is 0. The minimum absolute atomic E-state index is 0.697. The van der Waals surface area contributed by atoms with E-state index in [9.17, 15) is 0 Å². The summed E-state index contributed by atoms with van der Waals surface area (Å²) in [6.07, 6.45) is 11.7. The van der Waals surface area contributed by atoms with Crippen LogP contribution >= 0.6 is 0 Å². The molecule has 0 aromatic carbocycles. The first-order chi connectivity index (χ1) is 6.42. The third-order valence-electron chi connectivity index (χ3n) is 2.88. The molecule has 1 aromatic heterocycles. The second-order valence-corrected chi connectivity index (χ2v) is 3.98. The molecule has 13 heavy (non-hydrogen) atoms. The van der Waals surface area contributed by atoms with Crippen molar-refractivity contribution in [2.45, 2.75) is 45.1 Å². The van der Waals surface area contributed by atoms with Crippen molar-refractivity contribution in [1.82, 2.24) is 9.78 Å². The number of rotatable bonds is 5. The van der Waals surface area contributed by atoms with Crippen LogP contribution in [0.15, 0.2) is 12.3 Å². The Balaban J connectivity index is 1.71. The molecule has 1 fully saturated rings. The van der Waals surface area contributed by atoms with E-state index in [-0.39, 0.29) is 0 Å². The highest BCUT2D eigenvalue weighted by atomic mass is 15.3. The highest BCUT2D eigenvalue weighted by Gasteiger charge is 2.38. The van der Waals surface area contributed by atoms with E-state index in [0.717, 1.165) is 5.92 Å². The molecule has 71 valence electrons. The Labute approximate surface area is 80.0 Å². The molecule has 2 rings (SSSR count). The van der Waals surface area contributed by atoms with Crippen molar-refractivity contribution >= 4 is 0 Å². The highest BCUT2D eigenvalue weighted by molar-refractivity contribution is 4.93. The Kier molecular flexibility index (Phi) is 2.67. The molecule has 2 atom stereocenters. The summed E-state index contributed by atoms with van der Waals surface area (Å²) in [5.74, 6) is 0.903. The molecule has 2 heteroatoms. The fourth-order valence-electron chi connectivity index (χ4n) is 1.95. The Morgan fingerprint density at radius 1 is 1.54 bits per heavy atom. The average Bonchev–Trinajstić information content (AvgIpc) is 2.72. The van der Waals surface area contributed by atoms with Gasteiger partial charge in [0.25, 0.3) is 0 Å². The molecule has 1 saturated carbocycles. The zero-order chi connectivity index (χ0) is 9.10. The lowest BCUT2D eigenvalue weighted by molar-refractivity contribution is 0.538. The maximum absolute atomic E-state index is 4.15. The van der Waals surface area contributed by atoms with Crippen LogP contribution in [-0.2, 0) is 0 Å².